The zero-order valence-electron chi connectivity index (χ0n) is 33.9. The average Bonchev–Trinajstić information content (AvgIpc) is 3.20. The second-order valence-electron chi connectivity index (χ2n) is 14.2. The molecule has 0 aliphatic rings. The van der Waals surface area contributed by atoms with E-state index in [1.54, 1.807) is 12.1 Å². The number of aliphatic hydroxyl groups excluding tert-OH is 2. The molecule has 19 N–H and O–H groups in total. The van der Waals surface area contributed by atoms with Gasteiger partial charge in [-0.2, -0.15) is 0 Å². The summed E-state index contributed by atoms with van der Waals surface area (Å²) >= 11 is 0. The Bertz CT molecular complexity index is 1910. The minimum Gasteiger partial charge on any atom is -0.508 e. The Morgan fingerprint density at radius 2 is 1.10 bits per heavy atom. The Balaban J connectivity index is 2.28. The molecule has 0 saturated heterocycles. The van der Waals surface area contributed by atoms with Crippen LogP contribution >= 0.6 is 0 Å². The Morgan fingerprint density at radius 3 is 1.60 bits per heavy atom. The summed E-state index contributed by atoms with van der Waals surface area (Å²) in [6.45, 7) is 1.32. The van der Waals surface area contributed by atoms with Crippen LogP contribution in [0.4, 0.5) is 0 Å². The number of hydrogen-bond donors (Lipinski definition) is 15. The zero-order chi connectivity index (χ0) is 46.7. The van der Waals surface area contributed by atoms with Crippen molar-refractivity contribution in [3.8, 4) is 11.5 Å². The van der Waals surface area contributed by atoms with Crippen LogP contribution in [0.1, 0.15) is 44.2 Å². The van der Waals surface area contributed by atoms with E-state index in [-0.39, 0.29) is 49.7 Å². The lowest BCUT2D eigenvalue weighted by Gasteiger charge is -2.27. The summed E-state index contributed by atoms with van der Waals surface area (Å²) in [6.07, 6.45) is -2.81. The van der Waals surface area contributed by atoms with Crippen LogP contribution in [-0.2, 0) is 51.2 Å². The van der Waals surface area contributed by atoms with Crippen molar-refractivity contribution in [1.82, 2.24) is 31.9 Å². The van der Waals surface area contributed by atoms with Gasteiger partial charge in [-0.05, 0) is 68.5 Å². The fraction of sp³-hybridized carbons (Fsp3) is 0.447. The van der Waals surface area contributed by atoms with Gasteiger partial charge in [-0.25, -0.2) is 4.79 Å². The van der Waals surface area contributed by atoms with Crippen molar-refractivity contribution in [2.24, 2.45) is 27.9 Å². The van der Waals surface area contributed by atoms with Crippen LogP contribution in [0, 0.1) is 0 Å². The number of nitrogens with zero attached hydrogens (tertiary/aromatic N) is 1. The molecule has 0 aliphatic carbocycles. The van der Waals surface area contributed by atoms with Gasteiger partial charge in [0.05, 0.1) is 25.2 Å². The minimum absolute atomic E-state index is 0.00842. The second-order valence-corrected chi connectivity index (χ2v) is 14.2. The number of carbonyl (C=O) groups is 8. The van der Waals surface area contributed by atoms with Gasteiger partial charge in [-0.3, -0.25) is 38.6 Å². The van der Waals surface area contributed by atoms with E-state index >= 15 is 0 Å². The number of carbonyl (C=O) groups excluding carboxylic acids is 7. The molecule has 2 rings (SSSR count). The van der Waals surface area contributed by atoms with Gasteiger partial charge < -0.3 is 80.4 Å². The molecule has 340 valence electrons. The molecular formula is C38H55N11O13. The van der Waals surface area contributed by atoms with Crippen molar-refractivity contribution in [2.75, 3.05) is 13.2 Å². The molecule has 0 spiro atoms. The number of aliphatic imine (C=N–C) groups is 1. The molecule has 0 heterocycles. The van der Waals surface area contributed by atoms with Crippen LogP contribution in [0.2, 0.25) is 0 Å². The first kappa shape index (κ1) is 51.1. The third kappa shape index (κ3) is 17.7. The van der Waals surface area contributed by atoms with Crippen molar-refractivity contribution in [3.63, 3.8) is 0 Å². The fourth-order valence-corrected chi connectivity index (χ4v) is 5.57. The Morgan fingerprint density at radius 1 is 0.629 bits per heavy atom. The summed E-state index contributed by atoms with van der Waals surface area (Å²) in [5.74, 6) is -9.18. The Labute approximate surface area is 355 Å². The molecule has 24 heteroatoms. The maximum atomic E-state index is 13.8. The molecule has 0 radical (unpaired) electrons. The van der Waals surface area contributed by atoms with Crippen LogP contribution in [0.3, 0.4) is 0 Å². The highest BCUT2D eigenvalue weighted by Crippen LogP contribution is 2.13. The number of aliphatic carboxylic acids is 1. The summed E-state index contributed by atoms with van der Waals surface area (Å²) < 4.78 is 0. The van der Waals surface area contributed by atoms with Crippen molar-refractivity contribution in [3.05, 3.63) is 59.7 Å². The monoisotopic (exact) mass is 873 g/mol. The normalized spacial score (nSPS) is 14.7. The smallest absolute Gasteiger partial charge is 0.328 e. The SMILES string of the molecule is C[C@H](NC(=O)[C@@H](N)Cc1ccc(O)cc1)C(=O)N[C@@H](CO)C(=O)N[C@@H](CC(N)=O)C(=O)N[C@@H](CCCN=C(N)N)C(=O)N[C@@H](Cc1ccc(O)cc1)C(=O)N[C@H](C(=O)O)[C@@H](C)O. The molecule has 0 saturated carbocycles. The van der Waals surface area contributed by atoms with Gasteiger partial charge in [-0.1, -0.05) is 24.3 Å². The van der Waals surface area contributed by atoms with Gasteiger partial charge in [0.25, 0.3) is 0 Å². The fourth-order valence-electron chi connectivity index (χ4n) is 5.57. The van der Waals surface area contributed by atoms with Gasteiger partial charge in [0.2, 0.25) is 41.4 Å². The molecule has 2 aromatic carbocycles. The molecular weight excluding hydrogens is 818 g/mol. The van der Waals surface area contributed by atoms with E-state index < -0.39 is 109 Å². The van der Waals surface area contributed by atoms with Crippen molar-refractivity contribution in [2.45, 2.75) is 94.3 Å². The lowest BCUT2D eigenvalue weighted by Crippen LogP contribution is -2.61. The van der Waals surface area contributed by atoms with E-state index in [0.717, 1.165) is 6.92 Å². The topological polar surface area (TPSA) is 426 Å². The van der Waals surface area contributed by atoms with Crippen molar-refractivity contribution in [1.29, 1.82) is 0 Å². The largest absolute Gasteiger partial charge is 0.508 e. The summed E-state index contributed by atoms with van der Waals surface area (Å²) in [5.41, 5.74) is 23.1. The van der Waals surface area contributed by atoms with Crippen molar-refractivity contribution >= 4 is 53.3 Å². The van der Waals surface area contributed by atoms with Gasteiger partial charge in [0.15, 0.2) is 12.0 Å². The van der Waals surface area contributed by atoms with Crippen molar-refractivity contribution < 1.29 is 63.9 Å². The zero-order valence-corrected chi connectivity index (χ0v) is 33.9. The summed E-state index contributed by atoms with van der Waals surface area (Å²) in [6, 6.07) is 0.518. The molecule has 2 aromatic rings. The molecule has 0 fully saturated rings. The van der Waals surface area contributed by atoms with E-state index in [4.69, 9.17) is 22.9 Å². The third-order valence-corrected chi connectivity index (χ3v) is 8.97. The molecule has 0 aliphatic heterocycles. The summed E-state index contributed by atoms with van der Waals surface area (Å²) in [5, 5.41) is 62.4. The third-order valence-electron chi connectivity index (χ3n) is 8.97. The number of benzene rings is 2. The lowest BCUT2D eigenvalue weighted by molar-refractivity contribution is -0.145. The predicted molar refractivity (Wildman–Crippen MR) is 219 cm³/mol. The molecule has 0 unspecified atom stereocenters. The van der Waals surface area contributed by atoms with Gasteiger partial charge in [0.1, 0.15) is 41.7 Å². The number of primary amides is 1. The molecule has 0 aromatic heterocycles. The lowest BCUT2D eigenvalue weighted by atomic mass is 10.0. The van der Waals surface area contributed by atoms with Gasteiger partial charge in [0, 0.05) is 13.0 Å². The Hall–Kier alpha value is -7.05. The van der Waals surface area contributed by atoms with Gasteiger partial charge in [-0.15, -0.1) is 0 Å². The van der Waals surface area contributed by atoms with E-state index in [0.29, 0.717) is 11.1 Å². The second kappa shape index (κ2) is 24.9. The van der Waals surface area contributed by atoms with Crippen LogP contribution < -0.4 is 54.8 Å². The maximum Gasteiger partial charge on any atom is 0.328 e. The average molecular weight is 874 g/mol. The number of carboxylic acid groups (broad SMARTS) is 1. The molecule has 62 heavy (non-hydrogen) atoms. The first-order chi connectivity index (χ1) is 29.1. The number of rotatable bonds is 25. The number of phenols is 2. The van der Waals surface area contributed by atoms with E-state index in [2.05, 4.69) is 36.9 Å². The number of aromatic hydroxyl groups is 2. The van der Waals surface area contributed by atoms with E-state index in [1.165, 1.54) is 43.3 Å². The number of hydrogen-bond acceptors (Lipinski definition) is 14. The van der Waals surface area contributed by atoms with Crippen LogP contribution in [0.15, 0.2) is 53.5 Å². The first-order valence-corrected chi connectivity index (χ1v) is 19.1. The molecule has 0 bridgehead atoms. The number of amides is 7. The molecule has 8 atom stereocenters. The standard InChI is InChI=1S/C38H55N11O13/c1-18(44-32(56)24(39)14-20-5-9-22(52)10-6-20)31(55)48-28(17-50)36(60)47-27(16-29(40)54)34(58)45-25(4-3-13-43-38(41)42)33(57)46-26(15-21-7-11-23(53)12-8-21)35(59)49-30(19(2)51)37(61)62/h5-12,18-19,24-28,30,50-53H,3-4,13-17,39H2,1-2H3,(H2,40,54)(H,44,56)(H,45,58)(H,46,57)(H,47,60)(H,48,55)(H,49,59)(H,61,62)(H4,41,42,43)/t18-,19+,24-,25-,26-,27-,28-,30-/m0/s1. The summed E-state index contributed by atoms with van der Waals surface area (Å²) in [7, 11) is 0. The Kier molecular flexibility index (Phi) is 20.5. The highest BCUT2D eigenvalue weighted by Gasteiger charge is 2.34. The number of nitrogens with two attached hydrogens (primary N) is 4. The molecule has 24 nitrogen and oxygen atoms in total. The van der Waals surface area contributed by atoms with E-state index in [1.807, 2.05) is 0 Å². The minimum atomic E-state index is -1.81. The van der Waals surface area contributed by atoms with Crippen LogP contribution in [0.5, 0.6) is 11.5 Å². The number of aliphatic hydroxyl groups is 2. The quantitative estimate of drug-likeness (QED) is 0.0251. The highest BCUT2D eigenvalue weighted by molar-refractivity contribution is 5.98. The van der Waals surface area contributed by atoms with Crippen LogP contribution in [0.25, 0.3) is 0 Å². The number of phenolic OH excluding ortho intramolecular Hbond substituents is 2. The first-order valence-electron chi connectivity index (χ1n) is 19.1. The maximum absolute atomic E-state index is 13.8. The van der Waals surface area contributed by atoms with Crippen LogP contribution in [-0.4, -0.2) is 140 Å². The highest BCUT2D eigenvalue weighted by atomic mass is 16.4. The molecule has 7 amide bonds. The number of guanidine groups is 1. The summed E-state index contributed by atoms with van der Waals surface area (Å²) in [4.78, 5) is 107. The number of nitrogens with one attached hydrogen (secondary N) is 6. The van der Waals surface area contributed by atoms with Gasteiger partial charge >= 0.3 is 5.97 Å². The van der Waals surface area contributed by atoms with E-state index in [9.17, 15) is 63.9 Å². The predicted octanol–water partition coefficient (Wildman–Crippen LogP) is -5.47. The number of carboxylic acids is 1.